The van der Waals surface area contributed by atoms with E-state index in [2.05, 4.69) is 13.2 Å². The number of carbonyl (C=O) groups excluding carboxylic acids is 2. The molecule has 0 aromatic carbocycles. The number of hydrogen-bond donors (Lipinski definition) is 0. The van der Waals surface area contributed by atoms with Crippen molar-refractivity contribution >= 4 is 11.9 Å². The minimum atomic E-state index is -0.263. The first-order chi connectivity index (χ1) is 14.8. The van der Waals surface area contributed by atoms with Gasteiger partial charge in [-0.1, -0.05) is 19.6 Å². The number of rotatable bonds is 8. The van der Waals surface area contributed by atoms with Crippen molar-refractivity contribution in [3.63, 3.8) is 0 Å². The van der Waals surface area contributed by atoms with Crippen LogP contribution >= 0.6 is 0 Å². The normalized spacial score (nSPS) is 43.5. The maximum Gasteiger partial charge on any atom is 0.333 e. The Morgan fingerprint density at radius 2 is 1.58 bits per heavy atom. The molecule has 170 valence electrons. The summed E-state index contributed by atoms with van der Waals surface area (Å²) in [5, 5.41) is 0. The van der Waals surface area contributed by atoms with E-state index >= 15 is 0 Å². The highest BCUT2D eigenvalue weighted by molar-refractivity contribution is 5.87. The number of carbonyl (C=O) groups is 2. The van der Waals surface area contributed by atoms with Gasteiger partial charge in [0.1, 0.15) is 0 Å². The Bertz CT molecular complexity index is 814. The van der Waals surface area contributed by atoms with Gasteiger partial charge in [-0.2, -0.15) is 0 Å². The van der Waals surface area contributed by atoms with Gasteiger partial charge in [0.15, 0.2) is 0 Å². The maximum atomic E-state index is 12.1. The molecule has 0 N–H and O–H groups in total. The third-order valence-corrected chi connectivity index (χ3v) is 10.3. The molecule has 0 aliphatic heterocycles. The van der Waals surface area contributed by atoms with E-state index in [0.717, 1.165) is 48.3 Å². The molecule has 4 bridgehead atoms. The van der Waals surface area contributed by atoms with E-state index in [9.17, 15) is 9.59 Å². The van der Waals surface area contributed by atoms with E-state index < -0.39 is 0 Å². The summed E-state index contributed by atoms with van der Waals surface area (Å²) in [6.07, 6.45) is 11.4. The van der Waals surface area contributed by atoms with E-state index in [-0.39, 0.29) is 22.8 Å². The highest BCUT2D eigenvalue weighted by Gasteiger charge is 2.79. The largest absolute Gasteiger partial charge is 0.462 e. The molecular formula is C27H38O4. The second kappa shape index (κ2) is 7.49. The Hall–Kier alpha value is -1.58. The summed E-state index contributed by atoms with van der Waals surface area (Å²) in [6, 6.07) is 0. The van der Waals surface area contributed by atoms with Crippen LogP contribution in [0.25, 0.3) is 0 Å². The van der Waals surface area contributed by atoms with Crippen LogP contribution in [-0.2, 0) is 19.1 Å². The highest BCUT2D eigenvalue weighted by atomic mass is 16.5. The third kappa shape index (κ3) is 2.85. The lowest BCUT2D eigenvalue weighted by Crippen LogP contribution is -2.54. The average Bonchev–Trinajstić information content (AvgIpc) is 3.50. The van der Waals surface area contributed by atoms with Crippen molar-refractivity contribution in [2.45, 2.75) is 71.6 Å². The lowest BCUT2D eigenvalue weighted by Gasteiger charge is -2.58. The van der Waals surface area contributed by atoms with Crippen LogP contribution in [-0.4, -0.2) is 25.2 Å². The Balaban J connectivity index is 1.44. The highest BCUT2D eigenvalue weighted by Crippen LogP contribution is 2.85. The summed E-state index contributed by atoms with van der Waals surface area (Å²) in [6.45, 7) is 11.9. The zero-order valence-electron chi connectivity index (χ0n) is 19.3. The number of hydrogen-bond acceptors (Lipinski definition) is 4. The summed E-state index contributed by atoms with van der Waals surface area (Å²) in [4.78, 5) is 24.2. The minimum Gasteiger partial charge on any atom is -0.462 e. The molecule has 31 heavy (non-hydrogen) atoms. The molecule has 0 aromatic heterocycles. The topological polar surface area (TPSA) is 52.6 Å². The van der Waals surface area contributed by atoms with Gasteiger partial charge < -0.3 is 9.47 Å². The van der Waals surface area contributed by atoms with Gasteiger partial charge in [-0.15, -0.1) is 0 Å². The molecule has 4 nitrogen and oxygen atoms in total. The van der Waals surface area contributed by atoms with E-state index in [1.807, 2.05) is 0 Å². The van der Waals surface area contributed by atoms with Crippen molar-refractivity contribution in [2.24, 2.45) is 46.3 Å². The maximum absolute atomic E-state index is 12.1. The smallest absolute Gasteiger partial charge is 0.333 e. The van der Waals surface area contributed by atoms with Gasteiger partial charge in [-0.3, -0.25) is 0 Å². The van der Waals surface area contributed by atoms with Crippen LogP contribution in [0.2, 0.25) is 0 Å². The lowest BCUT2D eigenvalue weighted by molar-refractivity contribution is -0.151. The molecule has 5 fully saturated rings. The molecule has 0 saturated heterocycles. The van der Waals surface area contributed by atoms with Gasteiger partial charge in [-0.25, -0.2) is 9.59 Å². The van der Waals surface area contributed by atoms with E-state index in [1.165, 1.54) is 44.9 Å². The van der Waals surface area contributed by atoms with Gasteiger partial charge in [-0.05, 0) is 112 Å². The standard InChI is InChI=1S/C27H38O4/c1-16(2)24(28)30-12-10-26-15-21(20-6-5-7-22(20)26)23-18-8-9-19(14-18)27(23,26)11-13-31-25(29)17(3)4/h18-23H,1,3,5-15H2,2,4H3. The minimum absolute atomic E-state index is 0.244. The molecule has 4 heteroatoms. The van der Waals surface area contributed by atoms with Crippen LogP contribution < -0.4 is 0 Å². The Labute approximate surface area is 186 Å². The van der Waals surface area contributed by atoms with E-state index in [0.29, 0.717) is 24.4 Å². The summed E-state index contributed by atoms with van der Waals surface area (Å²) >= 11 is 0. The van der Waals surface area contributed by atoms with Crippen LogP contribution in [0.3, 0.4) is 0 Å². The molecule has 0 aromatic rings. The van der Waals surface area contributed by atoms with Crippen molar-refractivity contribution in [1.29, 1.82) is 0 Å². The van der Waals surface area contributed by atoms with Crippen LogP contribution in [0, 0.1) is 46.3 Å². The zero-order chi connectivity index (χ0) is 22.0. The van der Waals surface area contributed by atoms with Gasteiger partial charge in [0.2, 0.25) is 0 Å². The zero-order valence-corrected chi connectivity index (χ0v) is 19.3. The monoisotopic (exact) mass is 426 g/mol. The summed E-state index contributed by atoms with van der Waals surface area (Å²) in [5.74, 6) is 4.31. The summed E-state index contributed by atoms with van der Waals surface area (Å²) in [7, 11) is 0. The fourth-order valence-corrected chi connectivity index (χ4v) is 9.84. The summed E-state index contributed by atoms with van der Waals surface area (Å²) < 4.78 is 11.4. The predicted octanol–water partition coefficient (Wildman–Crippen LogP) is 5.47. The number of fused-ring (bicyclic) bond motifs is 12. The first-order valence-corrected chi connectivity index (χ1v) is 12.5. The Kier molecular flexibility index (Phi) is 5.14. The van der Waals surface area contributed by atoms with E-state index in [4.69, 9.17) is 9.47 Å². The summed E-state index contributed by atoms with van der Waals surface area (Å²) in [5.41, 5.74) is 1.46. The Morgan fingerprint density at radius 3 is 2.26 bits per heavy atom. The van der Waals surface area contributed by atoms with Crippen LogP contribution in [0.1, 0.15) is 71.6 Å². The quantitative estimate of drug-likeness (QED) is 0.293. The van der Waals surface area contributed by atoms with Crippen molar-refractivity contribution in [3.05, 3.63) is 24.3 Å². The SMILES string of the molecule is C=C(C)C(=O)OCCC12CC(C3CCCC31)C1C3CCC(C3)C12CCOC(=O)C(=C)C. The number of ether oxygens (including phenoxy) is 2. The van der Waals surface area contributed by atoms with Gasteiger partial charge >= 0.3 is 11.9 Å². The first kappa shape index (κ1) is 21.3. The first-order valence-electron chi connectivity index (χ1n) is 12.5. The van der Waals surface area contributed by atoms with Crippen LogP contribution in [0.5, 0.6) is 0 Å². The van der Waals surface area contributed by atoms with Crippen molar-refractivity contribution < 1.29 is 19.1 Å². The second-order valence-electron chi connectivity index (χ2n) is 11.4. The molecule has 0 amide bonds. The second-order valence-corrected chi connectivity index (χ2v) is 11.4. The van der Waals surface area contributed by atoms with Crippen LogP contribution in [0.4, 0.5) is 0 Å². The third-order valence-electron chi connectivity index (χ3n) is 10.3. The van der Waals surface area contributed by atoms with Gasteiger partial charge in [0.25, 0.3) is 0 Å². The van der Waals surface area contributed by atoms with E-state index in [1.54, 1.807) is 13.8 Å². The molecule has 5 rings (SSSR count). The van der Waals surface area contributed by atoms with Crippen LogP contribution in [0.15, 0.2) is 24.3 Å². The van der Waals surface area contributed by atoms with Crippen molar-refractivity contribution in [2.75, 3.05) is 13.2 Å². The Morgan fingerprint density at radius 1 is 0.903 bits per heavy atom. The van der Waals surface area contributed by atoms with Gasteiger partial charge in [0, 0.05) is 11.1 Å². The van der Waals surface area contributed by atoms with Crippen molar-refractivity contribution in [3.8, 4) is 0 Å². The van der Waals surface area contributed by atoms with Gasteiger partial charge in [0.05, 0.1) is 13.2 Å². The molecule has 5 aliphatic carbocycles. The lowest BCUT2D eigenvalue weighted by atomic mass is 9.46. The van der Waals surface area contributed by atoms with Crippen molar-refractivity contribution in [1.82, 2.24) is 0 Å². The molecule has 0 heterocycles. The number of esters is 2. The fraction of sp³-hybridized carbons (Fsp3) is 0.778. The molecule has 5 saturated carbocycles. The fourth-order valence-electron chi connectivity index (χ4n) is 9.84. The molecular weight excluding hydrogens is 388 g/mol. The molecule has 8 unspecified atom stereocenters. The molecule has 8 atom stereocenters. The predicted molar refractivity (Wildman–Crippen MR) is 119 cm³/mol. The average molecular weight is 427 g/mol. The molecule has 0 spiro atoms. The molecule has 5 aliphatic rings. The molecule has 0 radical (unpaired) electrons.